The summed E-state index contributed by atoms with van der Waals surface area (Å²) in [6.07, 6.45) is 11.2. The molecule has 3 rings (SSSR count). The number of nitrogens with one attached hydrogen (secondary N) is 1. The van der Waals surface area contributed by atoms with Gasteiger partial charge in [0.25, 0.3) is 0 Å². The number of likely N-dealkylation sites (tertiary alicyclic amines) is 1. The first-order chi connectivity index (χ1) is 12.5. The minimum Gasteiger partial charge on any atom is -0.339 e. The van der Waals surface area contributed by atoms with Gasteiger partial charge in [-0.05, 0) is 54.4 Å². The number of carbonyl (C=O) groups excluding carboxylic acids is 2. The van der Waals surface area contributed by atoms with Gasteiger partial charge in [0.05, 0.1) is 0 Å². The van der Waals surface area contributed by atoms with Crippen LogP contribution in [0.1, 0.15) is 57.9 Å². The summed E-state index contributed by atoms with van der Waals surface area (Å²) < 4.78 is 0. The van der Waals surface area contributed by atoms with E-state index in [2.05, 4.69) is 12.2 Å². The number of piperidine rings is 1. The highest BCUT2D eigenvalue weighted by Crippen LogP contribution is 2.46. The van der Waals surface area contributed by atoms with Crippen LogP contribution >= 0.6 is 0 Å². The van der Waals surface area contributed by atoms with Crippen molar-refractivity contribution in [1.82, 2.24) is 4.90 Å². The largest absolute Gasteiger partial charge is 0.339 e. The summed E-state index contributed by atoms with van der Waals surface area (Å²) >= 11 is 0. The Hall–Kier alpha value is -2.10. The van der Waals surface area contributed by atoms with Crippen molar-refractivity contribution >= 4 is 23.6 Å². The molecular formula is C22H30N2O2. The summed E-state index contributed by atoms with van der Waals surface area (Å²) in [4.78, 5) is 25.8. The van der Waals surface area contributed by atoms with Gasteiger partial charge in [0.15, 0.2) is 0 Å². The van der Waals surface area contributed by atoms with E-state index >= 15 is 0 Å². The predicted molar refractivity (Wildman–Crippen MR) is 106 cm³/mol. The Morgan fingerprint density at radius 2 is 1.85 bits per heavy atom. The average Bonchev–Trinajstić information content (AvgIpc) is 2.63. The van der Waals surface area contributed by atoms with E-state index in [-0.39, 0.29) is 11.8 Å². The average molecular weight is 354 g/mol. The Morgan fingerprint density at radius 1 is 1.15 bits per heavy atom. The molecule has 1 aliphatic heterocycles. The minimum atomic E-state index is -0.0839. The fourth-order valence-electron chi connectivity index (χ4n) is 4.52. The third kappa shape index (κ3) is 4.35. The second-order valence-electron chi connectivity index (χ2n) is 8.01. The maximum Gasteiger partial charge on any atom is 0.246 e. The van der Waals surface area contributed by atoms with Crippen LogP contribution in [0.3, 0.4) is 0 Å². The molecule has 2 fully saturated rings. The van der Waals surface area contributed by atoms with E-state index in [9.17, 15) is 9.59 Å². The van der Waals surface area contributed by atoms with Gasteiger partial charge in [0.2, 0.25) is 11.8 Å². The molecule has 1 aliphatic carbocycles. The third-order valence-corrected chi connectivity index (χ3v) is 6.19. The van der Waals surface area contributed by atoms with Gasteiger partial charge in [-0.25, -0.2) is 0 Å². The van der Waals surface area contributed by atoms with Gasteiger partial charge in [-0.15, -0.1) is 0 Å². The predicted octanol–water partition coefficient (Wildman–Crippen LogP) is 4.48. The molecule has 0 bridgehead atoms. The topological polar surface area (TPSA) is 49.4 Å². The monoisotopic (exact) mass is 354 g/mol. The summed E-state index contributed by atoms with van der Waals surface area (Å²) in [6.45, 7) is 5.65. The summed E-state index contributed by atoms with van der Waals surface area (Å²) in [5.41, 5.74) is 2.08. The lowest BCUT2D eigenvalue weighted by molar-refractivity contribution is -0.132. The molecule has 1 heterocycles. The van der Waals surface area contributed by atoms with Gasteiger partial charge < -0.3 is 10.2 Å². The van der Waals surface area contributed by atoms with Gasteiger partial charge in [-0.1, -0.05) is 38.3 Å². The van der Waals surface area contributed by atoms with Crippen LogP contribution in [0.25, 0.3) is 6.08 Å². The Labute approximate surface area is 156 Å². The molecule has 0 radical (unpaired) electrons. The first-order valence-corrected chi connectivity index (χ1v) is 9.83. The minimum absolute atomic E-state index is 0.0839. The van der Waals surface area contributed by atoms with Crippen LogP contribution in [-0.2, 0) is 9.59 Å². The van der Waals surface area contributed by atoms with Crippen molar-refractivity contribution in [1.29, 1.82) is 0 Å². The van der Waals surface area contributed by atoms with Crippen molar-refractivity contribution in [2.24, 2.45) is 11.3 Å². The molecular weight excluding hydrogens is 324 g/mol. The van der Waals surface area contributed by atoms with E-state index < -0.39 is 0 Å². The highest BCUT2D eigenvalue weighted by Gasteiger charge is 2.42. The molecule has 1 aromatic rings. The summed E-state index contributed by atoms with van der Waals surface area (Å²) in [6, 6.07) is 7.53. The van der Waals surface area contributed by atoms with Crippen molar-refractivity contribution in [3.63, 3.8) is 0 Å². The number of hydrogen-bond donors (Lipinski definition) is 1. The molecule has 1 unspecified atom stereocenters. The van der Waals surface area contributed by atoms with E-state index in [1.54, 1.807) is 6.08 Å². The molecule has 1 aromatic carbocycles. The molecule has 2 aliphatic rings. The number of benzene rings is 1. The number of hydrogen-bond acceptors (Lipinski definition) is 2. The molecule has 1 saturated carbocycles. The number of carbonyl (C=O) groups is 2. The normalized spacial score (nSPS) is 22.5. The molecule has 1 atom stereocenters. The quantitative estimate of drug-likeness (QED) is 0.814. The van der Waals surface area contributed by atoms with E-state index in [1.165, 1.54) is 39.0 Å². The van der Waals surface area contributed by atoms with E-state index in [0.29, 0.717) is 5.41 Å². The molecule has 1 spiro atoms. The summed E-state index contributed by atoms with van der Waals surface area (Å²) in [5, 5.41) is 2.75. The molecule has 2 amide bonds. The number of rotatable bonds is 3. The Balaban J connectivity index is 1.62. The Kier molecular flexibility index (Phi) is 5.80. The van der Waals surface area contributed by atoms with Crippen LogP contribution in [0, 0.1) is 11.3 Å². The van der Waals surface area contributed by atoms with Gasteiger partial charge in [-0.3, -0.25) is 9.59 Å². The fourth-order valence-corrected chi connectivity index (χ4v) is 4.52. The molecule has 1 saturated heterocycles. The molecule has 4 nitrogen and oxygen atoms in total. The van der Waals surface area contributed by atoms with Gasteiger partial charge in [0.1, 0.15) is 0 Å². The highest BCUT2D eigenvalue weighted by atomic mass is 16.2. The van der Waals surface area contributed by atoms with Gasteiger partial charge >= 0.3 is 0 Å². The zero-order valence-electron chi connectivity index (χ0n) is 16.0. The Morgan fingerprint density at radius 3 is 2.50 bits per heavy atom. The van der Waals surface area contributed by atoms with Crippen LogP contribution < -0.4 is 5.32 Å². The zero-order chi connectivity index (χ0) is 18.6. The van der Waals surface area contributed by atoms with Crippen LogP contribution in [0.4, 0.5) is 5.69 Å². The maximum absolute atomic E-state index is 12.7. The van der Waals surface area contributed by atoms with Crippen molar-refractivity contribution in [2.75, 3.05) is 18.4 Å². The van der Waals surface area contributed by atoms with E-state index in [4.69, 9.17) is 0 Å². The molecule has 1 N–H and O–H groups in total. The SMILES string of the molecule is CC(=O)Nc1ccc(/C=C/C(=O)N2CCC(C)C3(CCCCC3)C2)cc1. The van der Waals surface area contributed by atoms with Crippen molar-refractivity contribution in [2.45, 2.75) is 52.4 Å². The second-order valence-corrected chi connectivity index (χ2v) is 8.01. The van der Waals surface area contributed by atoms with E-state index in [1.807, 2.05) is 35.2 Å². The lowest BCUT2D eigenvalue weighted by atomic mass is 9.63. The Bertz CT molecular complexity index is 672. The lowest BCUT2D eigenvalue weighted by Crippen LogP contribution is -2.50. The fraction of sp³-hybridized carbons (Fsp3) is 0.545. The standard InChI is InChI=1S/C22H30N2O2/c1-17-12-15-24(16-22(17)13-4-3-5-14-22)21(26)11-8-19-6-9-20(10-7-19)23-18(2)25/h6-11,17H,3-5,12-16H2,1-2H3,(H,23,25)/b11-8+. The van der Waals surface area contributed by atoms with Gasteiger partial charge in [0, 0.05) is 31.8 Å². The smallest absolute Gasteiger partial charge is 0.246 e. The molecule has 26 heavy (non-hydrogen) atoms. The zero-order valence-corrected chi connectivity index (χ0v) is 16.0. The first-order valence-electron chi connectivity index (χ1n) is 9.83. The van der Waals surface area contributed by atoms with Crippen LogP contribution in [-0.4, -0.2) is 29.8 Å². The number of anilines is 1. The summed E-state index contributed by atoms with van der Waals surface area (Å²) in [5.74, 6) is 0.754. The van der Waals surface area contributed by atoms with Crippen molar-refractivity contribution in [3.05, 3.63) is 35.9 Å². The first kappa shape index (κ1) is 18.7. The van der Waals surface area contributed by atoms with Crippen molar-refractivity contribution in [3.8, 4) is 0 Å². The lowest BCUT2D eigenvalue weighted by Gasteiger charge is -2.49. The number of amides is 2. The van der Waals surface area contributed by atoms with Crippen molar-refractivity contribution < 1.29 is 9.59 Å². The summed E-state index contributed by atoms with van der Waals surface area (Å²) in [7, 11) is 0. The van der Waals surface area contributed by atoms with Crippen LogP contribution in [0.5, 0.6) is 0 Å². The maximum atomic E-state index is 12.7. The van der Waals surface area contributed by atoms with Crippen LogP contribution in [0.2, 0.25) is 0 Å². The molecule has 140 valence electrons. The number of nitrogens with zero attached hydrogens (tertiary/aromatic N) is 1. The van der Waals surface area contributed by atoms with Crippen LogP contribution in [0.15, 0.2) is 30.3 Å². The molecule has 0 aromatic heterocycles. The highest BCUT2D eigenvalue weighted by molar-refractivity contribution is 5.92. The van der Waals surface area contributed by atoms with Gasteiger partial charge in [-0.2, -0.15) is 0 Å². The molecule has 4 heteroatoms. The second kappa shape index (κ2) is 8.07. The van der Waals surface area contributed by atoms with E-state index in [0.717, 1.165) is 36.7 Å². The third-order valence-electron chi connectivity index (χ3n) is 6.19.